The van der Waals surface area contributed by atoms with Crippen LogP contribution in [-0.2, 0) is 0 Å². The highest BCUT2D eigenvalue weighted by Gasteiger charge is 2.18. The van der Waals surface area contributed by atoms with Gasteiger partial charge < -0.3 is 15.5 Å². The smallest absolute Gasteiger partial charge is 0.315 e. The van der Waals surface area contributed by atoms with Gasteiger partial charge in [-0.15, -0.1) is 0 Å². The third-order valence-corrected chi connectivity index (χ3v) is 4.92. The zero-order valence-electron chi connectivity index (χ0n) is 15.4. The number of likely N-dealkylation sites (tertiary alicyclic amines) is 1. The first-order valence-electron chi connectivity index (χ1n) is 9.38. The maximum atomic E-state index is 12.2. The Balaban J connectivity index is 1.68. The summed E-state index contributed by atoms with van der Waals surface area (Å²) >= 11 is 0. The van der Waals surface area contributed by atoms with E-state index in [1.807, 2.05) is 18.2 Å². The number of nitrogens with one attached hydrogen (secondary N) is 2. The summed E-state index contributed by atoms with van der Waals surface area (Å²) in [5.74, 6) is 1.23. The van der Waals surface area contributed by atoms with Gasteiger partial charge >= 0.3 is 6.03 Å². The monoisotopic (exact) mass is 331 g/mol. The van der Waals surface area contributed by atoms with Crippen LogP contribution < -0.4 is 10.6 Å². The van der Waals surface area contributed by atoms with Crippen molar-refractivity contribution < 1.29 is 4.79 Å². The summed E-state index contributed by atoms with van der Waals surface area (Å²) in [5, 5.41) is 6.12. The maximum absolute atomic E-state index is 12.2. The number of hydrogen-bond acceptors (Lipinski definition) is 2. The predicted molar refractivity (Wildman–Crippen MR) is 100 cm³/mol. The van der Waals surface area contributed by atoms with Gasteiger partial charge in [-0.3, -0.25) is 0 Å². The van der Waals surface area contributed by atoms with Crippen LogP contribution in [-0.4, -0.2) is 37.1 Å². The van der Waals surface area contributed by atoms with Crippen molar-refractivity contribution in [1.29, 1.82) is 0 Å². The van der Waals surface area contributed by atoms with Crippen molar-refractivity contribution >= 4 is 6.03 Å². The van der Waals surface area contributed by atoms with Crippen molar-refractivity contribution in [2.45, 2.75) is 46.1 Å². The van der Waals surface area contributed by atoms with E-state index >= 15 is 0 Å². The van der Waals surface area contributed by atoms with Crippen LogP contribution in [0.1, 0.15) is 51.6 Å². The van der Waals surface area contributed by atoms with Crippen molar-refractivity contribution in [2.24, 2.45) is 11.8 Å². The largest absolute Gasteiger partial charge is 0.338 e. The number of hydrogen-bond donors (Lipinski definition) is 2. The van der Waals surface area contributed by atoms with Crippen molar-refractivity contribution in [3.05, 3.63) is 35.9 Å². The summed E-state index contributed by atoms with van der Waals surface area (Å²) in [6.45, 7) is 10.8. The van der Waals surface area contributed by atoms with Gasteiger partial charge in [-0.2, -0.15) is 0 Å². The second-order valence-corrected chi connectivity index (χ2v) is 7.41. The van der Waals surface area contributed by atoms with Gasteiger partial charge in [0.1, 0.15) is 0 Å². The Labute approximate surface area is 147 Å². The lowest BCUT2D eigenvalue weighted by molar-refractivity contribution is 0.189. The van der Waals surface area contributed by atoms with Crippen LogP contribution in [0, 0.1) is 11.8 Å². The molecule has 4 nitrogen and oxygen atoms in total. The molecule has 134 valence electrons. The number of urea groups is 1. The van der Waals surface area contributed by atoms with Crippen molar-refractivity contribution in [1.82, 2.24) is 15.5 Å². The molecule has 2 amide bonds. The average molecular weight is 332 g/mol. The molecule has 0 aliphatic carbocycles. The summed E-state index contributed by atoms with van der Waals surface area (Å²) in [4.78, 5) is 14.7. The number of carbonyl (C=O) groups excluding carboxylic acids is 1. The zero-order chi connectivity index (χ0) is 17.4. The van der Waals surface area contributed by atoms with E-state index in [0.29, 0.717) is 5.92 Å². The van der Waals surface area contributed by atoms with Crippen molar-refractivity contribution in [3.8, 4) is 0 Å². The molecule has 1 heterocycles. The maximum Gasteiger partial charge on any atom is 0.315 e. The predicted octanol–water partition coefficient (Wildman–Crippen LogP) is 3.80. The summed E-state index contributed by atoms with van der Waals surface area (Å²) in [6, 6.07) is 10.2. The fourth-order valence-corrected chi connectivity index (χ4v) is 3.28. The van der Waals surface area contributed by atoms with Gasteiger partial charge in [-0.05, 0) is 56.3 Å². The second kappa shape index (κ2) is 9.67. The van der Waals surface area contributed by atoms with Crippen LogP contribution >= 0.6 is 0 Å². The molecule has 1 aliphatic rings. The molecule has 0 bridgehead atoms. The average Bonchev–Trinajstić information content (AvgIpc) is 2.58. The van der Waals surface area contributed by atoms with Crippen LogP contribution in [0.4, 0.5) is 4.79 Å². The Hall–Kier alpha value is -1.55. The third kappa shape index (κ3) is 6.16. The van der Waals surface area contributed by atoms with Crippen molar-refractivity contribution in [3.63, 3.8) is 0 Å². The standard InChI is InChI=1S/C20H33N3O/c1-16(2)19(18-8-5-4-6-9-18)22-20(24)21-12-7-13-23-14-10-17(3)11-15-23/h4-6,8-9,16-17,19H,7,10-15H2,1-3H3,(H2,21,22,24). The minimum Gasteiger partial charge on any atom is -0.338 e. The van der Waals surface area contributed by atoms with Crippen LogP contribution in [0.2, 0.25) is 0 Å². The minimum absolute atomic E-state index is 0.0507. The fourth-order valence-electron chi connectivity index (χ4n) is 3.28. The summed E-state index contributed by atoms with van der Waals surface area (Å²) in [6.07, 6.45) is 3.63. The highest BCUT2D eigenvalue weighted by Crippen LogP contribution is 2.21. The SMILES string of the molecule is CC1CCN(CCCNC(=O)NC(c2ccccc2)C(C)C)CC1. The number of piperidine rings is 1. The molecule has 4 heteroatoms. The number of benzene rings is 1. The molecule has 2 N–H and O–H groups in total. The number of amides is 2. The number of carbonyl (C=O) groups is 1. The lowest BCUT2D eigenvalue weighted by Crippen LogP contribution is -2.41. The molecule has 24 heavy (non-hydrogen) atoms. The molecule has 0 aromatic heterocycles. The zero-order valence-corrected chi connectivity index (χ0v) is 15.4. The van der Waals surface area contributed by atoms with Gasteiger partial charge in [0.15, 0.2) is 0 Å². The molecular weight excluding hydrogens is 298 g/mol. The first kappa shape index (κ1) is 18.8. The molecule has 1 atom stereocenters. The van der Waals surface area contributed by atoms with E-state index in [0.717, 1.165) is 31.0 Å². The van der Waals surface area contributed by atoms with E-state index < -0.39 is 0 Å². The Morgan fingerprint density at radius 2 is 1.88 bits per heavy atom. The van der Waals surface area contributed by atoms with Gasteiger partial charge in [-0.1, -0.05) is 51.1 Å². The highest BCUT2D eigenvalue weighted by molar-refractivity contribution is 5.74. The van der Waals surface area contributed by atoms with E-state index in [2.05, 4.69) is 48.4 Å². The van der Waals surface area contributed by atoms with Crippen molar-refractivity contribution in [2.75, 3.05) is 26.2 Å². The molecule has 0 spiro atoms. The molecule has 0 radical (unpaired) electrons. The number of nitrogens with zero attached hydrogens (tertiary/aromatic N) is 1. The molecule has 1 aliphatic heterocycles. The van der Waals surface area contributed by atoms with Crippen LogP contribution in [0.25, 0.3) is 0 Å². The van der Waals surface area contributed by atoms with E-state index in [9.17, 15) is 4.79 Å². The van der Waals surface area contributed by atoms with Gasteiger partial charge in [0.25, 0.3) is 0 Å². The van der Waals surface area contributed by atoms with Crippen LogP contribution in [0.3, 0.4) is 0 Å². The quantitative estimate of drug-likeness (QED) is 0.746. The first-order chi connectivity index (χ1) is 11.6. The highest BCUT2D eigenvalue weighted by atomic mass is 16.2. The van der Waals surface area contributed by atoms with Crippen LogP contribution in [0.5, 0.6) is 0 Å². The Morgan fingerprint density at radius 1 is 1.21 bits per heavy atom. The molecule has 1 aromatic rings. The normalized spacial score (nSPS) is 17.7. The summed E-state index contributed by atoms with van der Waals surface area (Å²) in [5.41, 5.74) is 1.16. The number of rotatable bonds is 7. The van der Waals surface area contributed by atoms with Gasteiger partial charge in [0.2, 0.25) is 0 Å². The fraction of sp³-hybridized carbons (Fsp3) is 0.650. The summed E-state index contributed by atoms with van der Waals surface area (Å²) in [7, 11) is 0. The summed E-state index contributed by atoms with van der Waals surface area (Å²) < 4.78 is 0. The Bertz CT molecular complexity index is 481. The van der Waals surface area contributed by atoms with E-state index in [1.54, 1.807) is 0 Å². The molecule has 1 unspecified atom stereocenters. The lowest BCUT2D eigenvalue weighted by Gasteiger charge is -2.30. The molecule has 1 fully saturated rings. The molecule has 2 rings (SSSR count). The molecule has 1 saturated heterocycles. The molecule has 0 saturated carbocycles. The van der Waals surface area contributed by atoms with E-state index in [-0.39, 0.29) is 12.1 Å². The molecule has 1 aromatic carbocycles. The van der Waals surface area contributed by atoms with E-state index in [1.165, 1.54) is 25.9 Å². The van der Waals surface area contributed by atoms with Gasteiger partial charge in [0, 0.05) is 6.54 Å². The second-order valence-electron chi connectivity index (χ2n) is 7.41. The minimum atomic E-state index is -0.0650. The Kier molecular flexibility index (Phi) is 7.57. The van der Waals surface area contributed by atoms with Crippen LogP contribution in [0.15, 0.2) is 30.3 Å². The molecular formula is C20H33N3O. The topological polar surface area (TPSA) is 44.4 Å². The van der Waals surface area contributed by atoms with Gasteiger partial charge in [-0.25, -0.2) is 4.79 Å². The van der Waals surface area contributed by atoms with Gasteiger partial charge in [0.05, 0.1) is 6.04 Å². The third-order valence-electron chi connectivity index (χ3n) is 4.92. The Morgan fingerprint density at radius 3 is 2.50 bits per heavy atom. The first-order valence-corrected chi connectivity index (χ1v) is 9.38. The lowest BCUT2D eigenvalue weighted by atomic mass is 9.96. The van der Waals surface area contributed by atoms with E-state index in [4.69, 9.17) is 0 Å².